The minimum absolute atomic E-state index is 0.162. The highest BCUT2D eigenvalue weighted by Crippen LogP contribution is 2.20. The highest BCUT2D eigenvalue weighted by atomic mass is 16.5. The molecule has 7 heteroatoms. The zero-order valence-corrected chi connectivity index (χ0v) is 14.5. The number of piperazine rings is 1. The summed E-state index contributed by atoms with van der Waals surface area (Å²) in [6.45, 7) is 6.12. The molecule has 0 aliphatic carbocycles. The number of carbonyl (C=O) groups excluding carboxylic acids is 1. The van der Waals surface area contributed by atoms with Gasteiger partial charge in [-0.1, -0.05) is 6.92 Å². The topological polar surface area (TPSA) is 78.5 Å². The van der Waals surface area contributed by atoms with Crippen molar-refractivity contribution in [3.8, 4) is 17.0 Å². The zero-order valence-electron chi connectivity index (χ0n) is 14.5. The maximum atomic E-state index is 12.7. The van der Waals surface area contributed by atoms with Crippen molar-refractivity contribution in [2.75, 3.05) is 39.8 Å². The van der Waals surface area contributed by atoms with Crippen LogP contribution < -0.4 is 10.4 Å². The lowest BCUT2D eigenvalue weighted by Crippen LogP contribution is -2.48. The second-order valence-electron chi connectivity index (χ2n) is 5.94. The fourth-order valence-corrected chi connectivity index (χ4v) is 2.92. The van der Waals surface area contributed by atoms with E-state index in [2.05, 4.69) is 21.8 Å². The Balaban J connectivity index is 1.83. The van der Waals surface area contributed by atoms with E-state index in [1.165, 1.54) is 0 Å². The van der Waals surface area contributed by atoms with Crippen molar-refractivity contribution in [2.24, 2.45) is 0 Å². The van der Waals surface area contributed by atoms with Gasteiger partial charge in [0.1, 0.15) is 11.4 Å². The predicted octanol–water partition coefficient (Wildman–Crippen LogP) is 1.22. The molecule has 0 spiro atoms. The Kier molecular flexibility index (Phi) is 5.14. The summed E-state index contributed by atoms with van der Waals surface area (Å²) in [5, 5.41) is 0. The Morgan fingerprint density at radius 1 is 1.20 bits per heavy atom. The third-order valence-electron chi connectivity index (χ3n) is 4.47. The largest absolute Gasteiger partial charge is 0.497 e. The molecule has 3 rings (SSSR count). The Bertz CT molecular complexity index is 793. The van der Waals surface area contributed by atoms with Gasteiger partial charge in [-0.3, -0.25) is 4.79 Å². The lowest BCUT2D eigenvalue weighted by Gasteiger charge is -2.33. The molecule has 0 bridgehead atoms. The van der Waals surface area contributed by atoms with Gasteiger partial charge in [-0.05, 0) is 36.9 Å². The van der Waals surface area contributed by atoms with E-state index in [1.807, 2.05) is 12.1 Å². The van der Waals surface area contributed by atoms with Crippen molar-refractivity contribution >= 4 is 5.91 Å². The number of carbonyl (C=O) groups is 1. The van der Waals surface area contributed by atoms with Crippen LogP contribution >= 0.6 is 0 Å². The van der Waals surface area contributed by atoms with Crippen molar-refractivity contribution < 1.29 is 9.53 Å². The van der Waals surface area contributed by atoms with Crippen LogP contribution in [0, 0.1) is 0 Å². The number of ether oxygens (including phenoxy) is 1. The molecule has 1 aromatic carbocycles. The van der Waals surface area contributed by atoms with Crippen LogP contribution in [0.15, 0.2) is 35.1 Å². The average molecular weight is 342 g/mol. The predicted molar refractivity (Wildman–Crippen MR) is 94.9 cm³/mol. The van der Waals surface area contributed by atoms with Crippen LogP contribution in [0.3, 0.4) is 0 Å². The first kappa shape index (κ1) is 17.2. The number of aromatic amines is 1. The van der Waals surface area contributed by atoms with Crippen LogP contribution in [0.4, 0.5) is 0 Å². The van der Waals surface area contributed by atoms with E-state index in [1.54, 1.807) is 30.2 Å². The van der Waals surface area contributed by atoms with E-state index >= 15 is 0 Å². The molecule has 1 aromatic heterocycles. The molecule has 0 unspecified atom stereocenters. The Hall–Kier alpha value is -2.67. The Morgan fingerprint density at radius 2 is 1.88 bits per heavy atom. The standard InChI is InChI=1S/C18H22N4O3/c1-3-21-8-10-22(11-9-21)17(23)16-12-15(19-18(24)20-16)13-4-6-14(25-2)7-5-13/h4-7,12H,3,8-11H2,1-2H3,(H,19,20,24). The molecule has 1 aliphatic heterocycles. The summed E-state index contributed by atoms with van der Waals surface area (Å²) in [6, 6.07) is 8.86. The van der Waals surface area contributed by atoms with Gasteiger partial charge in [0.2, 0.25) is 0 Å². The van der Waals surface area contributed by atoms with Gasteiger partial charge in [0.25, 0.3) is 5.91 Å². The van der Waals surface area contributed by atoms with Gasteiger partial charge < -0.3 is 19.5 Å². The summed E-state index contributed by atoms with van der Waals surface area (Å²) in [6.07, 6.45) is 0. The first-order valence-corrected chi connectivity index (χ1v) is 8.38. The van der Waals surface area contributed by atoms with Gasteiger partial charge in [0.05, 0.1) is 12.8 Å². The first-order chi connectivity index (χ1) is 12.1. The van der Waals surface area contributed by atoms with Crippen LogP contribution in [0.5, 0.6) is 5.75 Å². The summed E-state index contributed by atoms with van der Waals surface area (Å²) in [5.41, 5.74) is 0.985. The van der Waals surface area contributed by atoms with E-state index in [0.29, 0.717) is 18.8 Å². The summed E-state index contributed by atoms with van der Waals surface area (Å²) >= 11 is 0. The number of aromatic nitrogens is 2. The number of hydrogen-bond acceptors (Lipinski definition) is 5. The molecule has 2 aromatic rings. The van der Waals surface area contributed by atoms with Gasteiger partial charge in [-0.2, -0.15) is 4.98 Å². The molecule has 132 valence electrons. The SMILES string of the molecule is CCN1CCN(C(=O)c2cc(-c3ccc(OC)cc3)nc(=O)[nH]2)CC1. The van der Waals surface area contributed by atoms with Crippen LogP contribution in [0.2, 0.25) is 0 Å². The number of hydrogen-bond donors (Lipinski definition) is 1. The lowest BCUT2D eigenvalue weighted by molar-refractivity contribution is 0.0637. The van der Waals surface area contributed by atoms with Gasteiger partial charge in [-0.15, -0.1) is 0 Å². The number of rotatable bonds is 4. The molecule has 0 radical (unpaired) electrons. The third kappa shape index (κ3) is 3.88. The first-order valence-electron chi connectivity index (χ1n) is 8.38. The van der Waals surface area contributed by atoms with E-state index in [0.717, 1.165) is 30.9 Å². The molecule has 1 N–H and O–H groups in total. The van der Waals surface area contributed by atoms with Gasteiger partial charge >= 0.3 is 5.69 Å². The van der Waals surface area contributed by atoms with Crippen LogP contribution in [0.25, 0.3) is 11.3 Å². The van der Waals surface area contributed by atoms with Gasteiger partial charge in [0, 0.05) is 31.7 Å². The molecule has 0 saturated carbocycles. The molecular formula is C18H22N4O3. The van der Waals surface area contributed by atoms with E-state index in [-0.39, 0.29) is 11.6 Å². The second kappa shape index (κ2) is 7.48. The van der Waals surface area contributed by atoms with Crippen LogP contribution in [0.1, 0.15) is 17.4 Å². The van der Waals surface area contributed by atoms with E-state index in [9.17, 15) is 9.59 Å². The monoisotopic (exact) mass is 342 g/mol. The van der Waals surface area contributed by atoms with E-state index in [4.69, 9.17) is 4.74 Å². The molecule has 1 saturated heterocycles. The van der Waals surface area contributed by atoms with Crippen molar-refractivity contribution in [3.63, 3.8) is 0 Å². The Morgan fingerprint density at radius 3 is 2.48 bits per heavy atom. The summed E-state index contributed by atoms with van der Waals surface area (Å²) < 4.78 is 5.13. The fraction of sp³-hybridized carbons (Fsp3) is 0.389. The highest BCUT2D eigenvalue weighted by molar-refractivity contribution is 5.93. The number of amides is 1. The molecule has 1 fully saturated rings. The fourth-order valence-electron chi connectivity index (χ4n) is 2.92. The maximum Gasteiger partial charge on any atom is 0.346 e. The third-order valence-corrected chi connectivity index (χ3v) is 4.47. The second-order valence-corrected chi connectivity index (χ2v) is 5.94. The molecular weight excluding hydrogens is 320 g/mol. The van der Waals surface area contributed by atoms with E-state index < -0.39 is 5.69 Å². The maximum absolute atomic E-state index is 12.7. The number of benzene rings is 1. The number of methoxy groups -OCH3 is 1. The number of nitrogens with zero attached hydrogens (tertiary/aromatic N) is 3. The Labute approximate surface area is 146 Å². The molecule has 0 atom stereocenters. The minimum atomic E-state index is -0.524. The molecule has 1 aliphatic rings. The quantitative estimate of drug-likeness (QED) is 0.904. The van der Waals surface area contributed by atoms with Crippen molar-refractivity contribution in [1.29, 1.82) is 0 Å². The molecule has 25 heavy (non-hydrogen) atoms. The summed E-state index contributed by atoms with van der Waals surface area (Å²) in [4.78, 5) is 35.3. The van der Waals surface area contributed by atoms with Crippen molar-refractivity contribution in [3.05, 3.63) is 46.5 Å². The summed E-state index contributed by atoms with van der Waals surface area (Å²) in [5.74, 6) is 0.559. The average Bonchev–Trinajstić information content (AvgIpc) is 2.67. The van der Waals surface area contributed by atoms with Gasteiger partial charge in [0.15, 0.2) is 0 Å². The van der Waals surface area contributed by atoms with Gasteiger partial charge in [-0.25, -0.2) is 4.79 Å². The molecule has 1 amide bonds. The summed E-state index contributed by atoms with van der Waals surface area (Å²) in [7, 11) is 1.59. The zero-order chi connectivity index (χ0) is 17.8. The van der Waals surface area contributed by atoms with Crippen LogP contribution in [-0.2, 0) is 0 Å². The number of nitrogens with one attached hydrogen (secondary N) is 1. The van der Waals surface area contributed by atoms with Crippen LogP contribution in [-0.4, -0.2) is 65.5 Å². The molecule has 2 heterocycles. The van der Waals surface area contributed by atoms with Crippen molar-refractivity contribution in [2.45, 2.75) is 6.92 Å². The smallest absolute Gasteiger partial charge is 0.346 e. The molecule has 7 nitrogen and oxygen atoms in total. The minimum Gasteiger partial charge on any atom is -0.497 e. The normalized spacial score (nSPS) is 15.2. The number of likely N-dealkylation sites (N-methyl/N-ethyl adjacent to an activating group) is 1. The lowest BCUT2D eigenvalue weighted by atomic mass is 10.1. The van der Waals surface area contributed by atoms with Crippen molar-refractivity contribution in [1.82, 2.24) is 19.8 Å². The number of H-pyrrole nitrogens is 1. The highest BCUT2D eigenvalue weighted by Gasteiger charge is 2.22.